The Morgan fingerprint density at radius 1 is 1.14 bits per heavy atom. The van der Waals surface area contributed by atoms with Gasteiger partial charge in [0.1, 0.15) is 0 Å². The monoisotopic (exact) mass is 401 g/mol. The maximum atomic E-state index is 13.5. The van der Waals surface area contributed by atoms with Gasteiger partial charge in [-0.05, 0) is 56.7 Å². The minimum Gasteiger partial charge on any atom is -0.295 e. The molecule has 0 radical (unpaired) electrons. The molecule has 1 heterocycles. The highest BCUT2D eigenvalue weighted by molar-refractivity contribution is 7.89. The lowest BCUT2D eigenvalue weighted by atomic mass is 10.2. The molecule has 28 heavy (non-hydrogen) atoms. The van der Waals surface area contributed by atoms with E-state index in [0.29, 0.717) is 12.1 Å². The average molecular weight is 402 g/mol. The van der Waals surface area contributed by atoms with Crippen LogP contribution in [0.25, 0.3) is 0 Å². The SMILES string of the molecule is CC(=O)c1ccc(S(=O)(=O)N(Cc2nn(C)c3c2CCC3)C2CCCC2)cc1. The zero-order valence-corrected chi connectivity index (χ0v) is 17.3. The van der Waals surface area contributed by atoms with Crippen molar-refractivity contribution in [3.05, 3.63) is 46.8 Å². The maximum absolute atomic E-state index is 13.5. The second-order valence-electron chi connectivity index (χ2n) is 7.92. The van der Waals surface area contributed by atoms with Crippen LogP contribution in [0, 0.1) is 0 Å². The minimum atomic E-state index is -3.66. The number of fused-ring (bicyclic) bond motifs is 1. The fourth-order valence-electron chi connectivity index (χ4n) is 4.57. The van der Waals surface area contributed by atoms with Gasteiger partial charge in [-0.25, -0.2) is 8.42 Å². The molecule has 6 nitrogen and oxygen atoms in total. The lowest BCUT2D eigenvalue weighted by Crippen LogP contribution is -2.38. The molecule has 0 bridgehead atoms. The Balaban J connectivity index is 1.69. The molecule has 0 spiro atoms. The summed E-state index contributed by atoms with van der Waals surface area (Å²) in [6, 6.07) is 6.31. The molecule has 2 aliphatic rings. The largest absolute Gasteiger partial charge is 0.295 e. The molecule has 0 unspecified atom stereocenters. The Labute approximate surface area is 166 Å². The van der Waals surface area contributed by atoms with E-state index in [1.807, 2.05) is 11.7 Å². The van der Waals surface area contributed by atoms with Crippen LogP contribution >= 0.6 is 0 Å². The van der Waals surface area contributed by atoms with Crippen molar-refractivity contribution in [2.75, 3.05) is 0 Å². The first-order valence-corrected chi connectivity index (χ1v) is 11.5. The third-order valence-electron chi connectivity index (χ3n) is 6.10. The van der Waals surface area contributed by atoms with Gasteiger partial charge in [0.2, 0.25) is 10.0 Å². The first kappa shape index (κ1) is 19.3. The lowest BCUT2D eigenvalue weighted by Gasteiger charge is -2.28. The Morgan fingerprint density at radius 2 is 1.82 bits per heavy atom. The quantitative estimate of drug-likeness (QED) is 0.697. The normalized spacial score (nSPS) is 17.4. The molecule has 0 N–H and O–H groups in total. The van der Waals surface area contributed by atoms with Crippen molar-refractivity contribution in [1.29, 1.82) is 0 Å². The van der Waals surface area contributed by atoms with E-state index in [4.69, 9.17) is 0 Å². The molecule has 1 saturated carbocycles. The maximum Gasteiger partial charge on any atom is 0.243 e. The highest BCUT2D eigenvalue weighted by atomic mass is 32.2. The molecular weight excluding hydrogens is 374 g/mol. The van der Waals surface area contributed by atoms with Gasteiger partial charge in [-0.1, -0.05) is 25.0 Å². The van der Waals surface area contributed by atoms with Gasteiger partial charge >= 0.3 is 0 Å². The van der Waals surface area contributed by atoms with Crippen molar-refractivity contribution in [3.8, 4) is 0 Å². The highest BCUT2D eigenvalue weighted by Crippen LogP contribution is 2.32. The summed E-state index contributed by atoms with van der Waals surface area (Å²) in [7, 11) is -1.71. The fourth-order valence-corrected chi connectivity index (χ4v) is 6.22. The number of aromatic nitrogens is 2. The highest BCUT2D eigenvalue weighted by Gasteiger charge is 2.35. The number of aryl methyl sites for hydroxylation is 1. The Kier molecular flexibility index (Phi) is 5.14. The summed E-state index contributed by atoms with van der Waals surface area (Å²) < 4.78 is 30.6. The molecule has 2 aliphatic carbocycles. The number of ketones is 1. The summed E-state index contributed by atoms with van der Waals surface area (Å²) >= 11 is 0. The van der Waals surface area contributed by atoms with E-state index in [1.165, 1.54) is 18.2 Å². The summed E-state index contributed by atoms with van der Waals surface area (Å²) in [6.07, 6.45) is 6.99. The van der Waals surface area contributed by atoms with Crippen LogP contribution in [0.2, 0.25) is 0 Å². The van der Waals surface area contributed by atoms with Crippen LogP contribution in [0.3, 0.4) is 0 Å². The van der Waals surface area contributed by atoms with Gasteiger partial charge in [-0.2, -0.15) is 9.40 Å². The van der Waals surface area contributed by atoms with Crippen LogP contribution in [0.4, 0.5) is 0 Å². The molecule has 1 aromatic carbocycles. The van der Waals surface area contributed by atoms with Crippen molar-refractivity contribution in [2.45, 2.75) is 69.4 Å². The molecule has 7 heteroatoms. The average Bonchev–Trinajstić information content (AvgIpc) is 3.40. The Morgan fingerprint density at radius 3 is 2.46 bits per heavy atom. The predicted octanol–water partition coefficient (Wildman–Crippen LogP) is 3.24. The van der Waals surface area contributed by atoms with Gasteiger partial charge in [0.05, 0.1) is 17.1 Å². The van der Waals surface area contributed by atoms with Gasteiger partial charge in [0.25, 0.3) is 0 Å². The molecule has 0 aliphatic heterocycles. The first-order chi connectivity index (χ1) is 13.4. The Hall–Kier alpha value is -1.99. The second-order valence-corrected chi connectivity index (χ2v) is 9.81. The smallest absolute Gasteiger partial charge is 0.243 e. The first-order valence-electron chi connectivity index (χ1n) is 10.0. The van der Waals surface area contributed by atoms with Crippen molar-refractivity contribution in [2.24, 2.45) is 7.05 Å². The molecule has 1 aromatic heterocycles. The van der Waals surface area contributed by atoms with E-state index in [-0.39, 0.29) is 16.7 Å². The molecule has 0 atom stereocenters. The van der Waals surface area contributed by atoms with Crippen molar-refractivity contribution in [3.63, 3.8) is 0 Å². The number of rotatable bonds is 6. The topological polar surface area (TPSA) is 72.3 Å². The summed E-state index contributed by atoms with van der Waals surface area (Å²) in [6.45, 7) is 1.81. The molecule has 2 aromatic rings. The number of Topliss-reactive ketones (excluding diaryl/α,β-unsaturated/α-hetero) is 1. The van der Waals surface area contributed by atoms with Gasteiger partial charge in [0, 0.05) is 24.3 Å². The van der Waals surface area contributed by atoms with E-state index >= 15 is 0 Å². The zero-order chi connectivity index (χ0) is 19.9. The van der Waals surface area contributed by atoms with Crippen LogP contribution in [0.5, 0.6) is 0 Å². The number of hydrogen-bond donors (Lipinski definition) is 0. The molecule has 0 saturated heterocycles. The number of benzene rings is 1. The lowest BCUT2D eigenvalue weighted by molar-refractivity contribution is 0.101. The van der Waals surface area contributed by atoms with E-state index in [2.05, 4.69) is 5.10 Å². The van der Waals surface area contributed by atoms with Gasteiger partial charge in [-0.3, -0.25) is 9.48 Å². The predicted molar refractivity (Wildman–Crippen MR) is 107 cm³/mol. The van der Waals surface area contributed by atoms with E-state index < -0.39 is 10.0 Å². The second kappa shape index (κ2) is 7.44. The molecule has 1 fully saturated rings. The molecular formula is C21H27N3O3S. The van der Waals surface area contributed by atoms with E-state index in [0.717, 1.165) is 50.6 Å². The van der Waals surface area contributed by atoms with Crippen LogP contribution in [0.1, 0.15) is 66.3 Å². The number of hydrogen-bond acceptors (Lipinski definition) is 4. The van der Waals surface area contributed by atoms with Crippen molar-refractivity contribution < 1.29 is 13.2 Å². The van der Waals surface area contributed by atoms with Crippen LogP contribution in [-0.2, 0) is 36.5 Å². The minimum absolute atomic E-state index is 0.0107. The number of carbonyl (C=O) groups excluding carboxylic acids is 1. The summed E-state index contributed by atoms with van der Waals surface area (Å²) in [4.78, 5) is 11.8. The van der Waals surface area contributed by atoms with Gasteiger partial charge in [-0.15, -0.1) is 0 Å². The van der Waals surface area contributed by atoms with Gasteiger partial charge in [0.15, 0.2) is 5.78 Å². The fraction of sp³-hybridized carbons (Fsp3) is 0.524. The zero-order valence-electron chi connectivity index (χ0n) is 16.5. The summed E-state index contributed by atoms with van der Waals surface area (Å²) in [5, 5.41) is 4.65. The van der Waals surface area contributed by atoms with Crippen LogP contribution in [0.15, 0.2) is 29.2 Å². The van der Waals surface area contributed by atoms with E-state index in [9.17, 15) is 13.2 Å². The summed E-state index contributed by atoms with van der Waals surface area (Å²) in [5.74, 6) is -0.0688. The van der Waals surface area contributed by atoms with Gasteiger partial charge < -0.3 is 0 Å². The van der Waals surface area contributed by atoms with Crippen molar-refractivity contribution in [1.82, 2.24) is 14.1 Å². The third-order valence-corrected chi connectivity index (χ3v) is 8.02. The van der Waals surface area contributed by atoms with Crippen LogP contribution in [-0.4, -0.2) is 34.3 Å². The van der Waals surface area contributed by atoms with Crippen LogP contribution < -0.4 is 0 Å². The van der Waals surface area contributed by atoms with E-state index in [1.54, 1.807) is 28.6 Å². The number of sulfonamides is 1. The molecule has 0 amide bonds. The number of nitrogens with zero attached hydrogens (tertiary/aromatic N) is 3. The molecule has 150 valence electrons. The third kappa shape index (κ3) is 3.42. The van der Waals surface area contributed by atoms with Crippen molar-refractivity contribution >= 4 is 15.8 Å². The number of carbonyl (C=O) groups is 1. The standard InChI is InChI=1S/C21H27N3O3S/c1-15(25)16-10-12-18(13-11-16)28(26,27)24(17-6-3-4-7-17)14-20-19-8-5-9-21(19)23(2)22-20/h10-13,17H,3-9,14H2,1-2H3. The Bertz CT molecular complexity index is 987. The summed E-state index contributed by atoms with van der Waals surface area (Å²) in [5.41, 5.74) is 3.89. The molecule has 4 rings (SSSR count).